The second-order valence-electron chi connectivity index (χ2n) is 4.49. The van der Waals surface area contributed by atoms with Gasteiger partial charge in [-0.05, 0) is 45.4 Å². The summed E-state index contributed by atoms with van der Waals surface area (Å²) in [6.07, 6.45) is 5.83. The van der Waals surface area contributed by atoms with Crippen LogP contribution in [0.2, 0.25) is 0 Å². The first-order chi connectivity index (χ1) is 8.50. The van der Waals surface area contributed by atoms with E-state index in [1.807, 2.05) is 51.1 Å². The van der Waals surface area contributed by atoms with Crippen LogP contribution in [0, 0.1) is 0 Å². The summed E-state index contributed by atoms with van der Waals surface area (Å²) < 4.78 is 0. The fourth-order valence-corrected chi connectivity index (χ4v) is 1.40. The van der Waals surface area contributed by atoms with Crippen molar-refractivity contribution in [2.75, 3.05) is 0 Å². The number of hydrogen-bond donors (Lipinski definition) is 0. The summed E-state index contributed by atoms with van der Waals surface area (Å²) in [4.78, 5) is 15.8. The lowest BCUT2D eigenvalue weighted by Gasteiger charge is -2.00. The summed E-state index contributed by atoms with van der Waals surface area (Å²) in [5.74, 6) is 0.0358. The molecule has 2 nitrogen and oxygen atoms in total. The molecule has 0 bridgehead atoms. The van der Waals surface area contributed by atoms with Gasteiger partial charge in [-0.2, -0.15) is 0 Å². The van der Waals surface area contributed by atoms with Crippen molar-refractivity contribution in [1.29, 1.82) is 0 Å². The second-order valence-corrected chi connectivity index (χ2v) is 4.49. The number of carbonyl (C=O) groups is 1. The number of benzene rings is 1. The molecule has 18 heavy (non-hydrogen) atoms. The van der Waals surface area contributed by atoms with Gasteiger partial charge in [-0.15, -0.1) is 0 Å². The number of aliphatic imine (C=N–C) groups is 1. The van der Waals surface area contributed by atoms with Crippen molar-refractivity contribution in [2.24, 2.45) is 4.99 Å². The number of carbonyl (C=O) groups excluding carboxylic acids is 1. The van der Waals surface area contributed by atoms with Crippen LogP contribution in [0.25, 0.3) is 0 Å². The van der Waals surface area contributed by atoms with Crippen LogP contribution in [0.5, 0.6) is 0 Å². The molecule has 0 saturated heterocycles. The van der Waals surface area contributed by atoms with Crippen molar-refractivity contribution in [1.82, 2.24) is 0 Å². The van der Waals surface area contributed by atoms with Gasteiger partial charge in [0.25, 0.3) is 0 Å². The van der Waals surface area contributed by atoms with Gasteiger partial charge in [0.1, 0.15) is 0 Å². The van der Waals surface area contributed by atoms with E-state index in [4.69, 9.17) is 0 Å². The van der Waals surface area contributed by atoms with E-state index in [2.05, 4.69) is 4.99 Å². The molecule has 0 saturated carbocycles. The Bertz CT molecular complexity index is 518. The first kappa shape index (κ1) is 14.1. The van der Waals surface area contributed by atoms with Gasteiger partial charge in [0.2, 0.25) is 0 Å². The first-order valence-electron chi connectivity index (χ1n) is 5.96. The van der Waals surface area contributed by atoms with Gasteiger partial charge < -0.3 is 0 Å². The van der Waals surface area contributed by atoms with Crippen LogP contribution in [-0.4, -0.2) is 12.0 Å². The van der Waals surface area contributed by atoms with E-state index in [0.717, 1.165) is 11.3 Å². The number of ketones is 1. The molecular formula is C16H19NO. The Kier molecular flexibility index (Phi) is 5.25. The van der Waals surface area contributed by atoms with Crippen LogP contribution < -0.4 is 0 Å². The maximum absolute atomic E-state index is 11.4. The monoisotopic (exact) mass is 241 g/mol. The third kappa shape index (κ3) is 4.50. The lowest BCUT2D eigenvalue weighted by atomic mass is 10.1. The molecule has 1 aromatic rings. The second kappa shape index (κ2) is 6.70. The predicted octanol–water partition coefficient (Wildman–Crippen LogP) is 4.50. The molecule has 0 aromatic heterocycles. The van der Waals surface area contributed by atoms with Crippen molar-refractivity contribution >= 4 is 17.7 Å². The quantitative estimate of drug-likeness (QED) is 0.433. The summed E-state index contributed by atoms with van der Waals surface area (Å²) in [5, 5.41) is 0. The highest BCUT2D eigenvalue weighted by Crippen LogP contribution is 2.18. The lowest BCUT2D eigenvalue weighted by Crippen LogP contribution is -1.91. The Labute approximate surface area is 109 Å². The van der Waals surface area contributed by atoms with E-state index >= 15 is 0 Å². The summed E-state index contributed by atoms with van der Waals surface area (Å²) in [6.45, 7) is 7.64. The normalized spacial score (nSPS) is 11.7. The molecule has 0 aliphatic heterocycles. The van der Waals surface area contributed by atoms with Gasteiger partial charge in [0.05, 0.1) is 5.69 Å². The molecule has 0 amide bonds. The summed E-state index contributed by atoms with van der Waals surface area (Å²) in [7, 11) is 0. The lowest BCUT2D eigenvalue weighted by molar-refractivity contribution is 0.101. The van der Waals surface area contributed by atoms with Gasteiger partial charge in [-0.3, -0.25) is 9.79 Å². The SMILES string of the molecule is CC(=O)c1ccccc1/N=C/C(C)=C/C=C(C)C. The van der Waals surface area contributed by atoms with Crippen LogP contribution in [0.15, 0.2) is 52.6 Å². The highest BCUT2D eigenvalue weighted by Gasteiger charge is 2.03. The fourth-order valence-electron chi connectivity index (χ4n) is 1.40. The number of allylic oxidation sites excluding steroid dienone is 4. The number of Topliss-reactive ketones (excluding diaryl/α,β-unsaturated/α-hetero) is 1. The third-order valence-electron chi connectivity index (χ3n) is 2.37. The number of para-hydroxylation sites is 1. The molecule has 1 rings (SSSR count). The minimum atomic E-state index is 0.0358. The van der Waals surface area contributed by atoms with Crippen LogP contribution >= 0.6 is 0 Å². The maximum atomic E-state index is 11.4. The number of rotatable bonds is 4. The fraction of sp³-hybridized carbons (Fsp3) is 0.250. The average Bonchev–Trinajstić information content (AvgIpc) is 2.34. The minimum Gasteiger partial charge on any atom is -0.294 e. The Hall–Kier alpha value is -1.96. The smallest absolute Gasteiger partial charge is 0.161 e. The average molecular weight is 241 g/mol. The summed E-state index contributed by atoms with van der Waals surface area (Å²) >= 11 is 0. The molecule has 0 atom stereocenters. The van der Waals surface area contributed by atoms with Crippen LogP contribution in [0.4, 0.5) is 5.69 Å². The van der Waals surface area contributed by atoms with Crippen LogP contribution in [0.1, 0.15) is 38.1 Å². The highest BCUT2D eigenvalue weighted by atomic mass is 16.1. The number of hydrogen-bond acceptors (Lipinski definition) is 2. The summed E-state index contributed by atoms with van der Waals surface area (Å²) in [5.41, 5.74) is 3.67. The van der Waals surface area contributed by atoms with E-state index in [1.54, 1.807) is 19.2 Å². The van der Waals surface area contributed by atoms with E-state index in [9.17, 15) is 4.79 Å². The van der Waals surface area contributed by atoms with Crippen molar-refractivity contribution in [3.05, 3.63) is 53.1 Å². The third-order valence-corrected chi connectivity index (χ3v) is 2.37. The Morgan fingerprint density at radius 2 is 1.72 bits per heavy atom. The van der Waals surface area contributed by atoms with Crippen molar-refractivity contribution in [3.63, 3.8) is 0 Å². The zero-order valence-corrected chi connectivity index (χ0v) is 11.4. The predicted molar refractivity (Wildman–Crippen MR) is 77.8 cm³/mol. The molecule has 1 aromatic carbocycles. The van der Waals surface area contributed by atoms with Gasteiger partial charge in [-0.1, -0.05) is 29.9 Å². The van der Waals surface area contributed by atoms with E-state index in [-0.39, 0.29) is 5.78 Å². The largest absolute Gasteiger partial charge is 0.294 e. The molecule has 0 unspecified atom stereocenters. The zero-order valence-electron chi connectivity index (χ0n) is 11.4. The van der Waals surface area contributed by atoms with Crippen molar-refractivity contribution in [3.8, 4) is 0 Å². The van der Waals surface area contributed by atoms with Gasteiger partial charge in [0.15, 0.2) is 5.78 Å². The van der Waals surface area contributed by atoms with Gasteiger partial charge in [-0.25, -0.2) is 0 Å². The molecule has 2 heteroatoms. The zero-order chi connectivity index (χ0) is 13.5. The topological polar surface area (TPSA) is 29.4 Å². The molecule has 0 heterocycles. The minimum absolute atomic E-state index is 0.0358. The Balaban J connectivity index is 2.95. The van der Waals surface area contributed by atoms with Gasteiger partial charge >= 0.3 is 0 Å². The van der Waals surface area contributed by atoms with E-state index in [1.165, 1.54) is 5.57 Å². The van der Waals surface area contributed by atoms with Crippen molar-refractivity contribution < 1.29 is 4.79 Å². The molecular weight excluding hydrogens is 222 g/mol. The molecule has 0 radical (unpaired) electrons. The Morgan fingerprint density at radius 1 is 1.06 bits per heavy atom. The standard InChI is InChI=1S/C16H19NO/c1-12(2)9-10-13(3)11-17-16-8-6-5-7-15(16)14(4)18/h5-11H,1-4H3/b13-10+,17-11+. The van der Waals surface area contributed by atoms with Crippen LogP contribution in [-0.2, 0) is 0 Å². The maximum Gasteiger partial charge on any atom is 0.161 e. The molecule has 0 fully saturated rings. The first-order valence-corrected chi connectivity index (χ1v) is 5.96. The molecule has 0 aliphatic carbocycles. The highest BCUT2D eigenvalue weighted by molar-refractivity contribution is 5.99. The molecule has 0 N–H and O–H groups in total. The molecule has 0 aliphatic rings. The van der Waals surface area contributed by atoms with Crippen molar-refractivity contribution in [2.45, 2.75) is 27.7 Å². The van der Waals surface area contributed by atoms with Crippen LogP contribution in [0.3, 0.4) is 0 Å². The summed E-state index contributed by atoms with van der Waals surface area (Å²) in [6, 6.07) is 7.38. The molecule has 0 spiro atoms. The van der Waals surface area contributed by atoms with E-state index in [0.29, 0.717) is 5.56 Å². The Morgan fingerprint density at radius 3 is 2.33 bits per heavy atom. The number of nitrogens with zero attached hydrogens (tertiary/aromatic N) is 1. The molecule has 94 valence electrons. The van der Waals surface area contributed by atoms with Gasteiger partial charge in [0, 0.05) is 11.8 Å². The van der Waals surface area contributed by atoms with E-state index < -0.39 is 0 Å².